The highest BCUT2D eigenvalue weighted by molar-refractivity contribution is 5.52. The van der Waals surface area contributed by atoms with E-state index in [0.717, 1.165) is 5.56 Å². The number of azo groups is 1. The Morgan fingerprint density at radius 3 is 2.14 bits per heavy atom. The lowest BCUT2D eigenvalue weighted by Crippen LogP contribution is -2.00. The van der Waals surface area contributed by atoms with Crippen LogP contribution in [0.15, 0.2) is 34.5 Å². The summed E-state index contributed by atoms with van der Waals surface area (Å²) < 4.78 is 0. The molecular formula is C15H17N3O3. The van der Waals surface area contributed by atoms with Gasteiger partial charge in [-0.1, -0.05) is 17.7 Å². The lowest BCUT2D eigenvalue weighted by atomic mass is 10.1. The predicted molar refractivity (Wildman–Crippen MR) is 77.8 cm³/mol. The van der Waals surface area contributed by atoms with E-state index in [-0.39, 0.29) is 29.3 Å². The molecule has 1 heterocycles. The van der Waals surface area contributed by atoms with Crippen molar-refractivity contribution in [1.29, 1.82) is 0 Å². The Balaban J connectivity index is 2.43. The van der Waals surface area contributed by atoms with Crippen molar-refractivity contribution in [3.05, 3.63) is 46.6 Å². The molecule has 0 aliphatic rings. The smallest absolute Gasteiger partial charge is 0.180 e. The van der Waals surface area contributed by atoms with Crippen molar-refractivity contribution in [2.45, 2.75) is 27.1 Å². The first-order chi connectivity index (χ1) is 10.1. The monoisotopic (exact) mass is 287 g/mol. The molecule has 3 N–H and O–H groups in total. The topological polar surface area (TPSA) is 98.3 Å². The third-order valence-corrected chi connectivity index (χ3v) is 3.15. The summed E-state index contributed by atoms with van der Waals surface area (Å²) in [5, 5.41) is 36.7. The van der Waals surface area contributed by atoms with Gasteiger partial charge in [-0.25, -0.2) is 4.98 Å². The zero-order chi connectivity index (χ0) is 15.4. The molecule has 0 amide bonds. The van der Waals surface area contributed by atoms with Crippen LogP contribution in [0.2, 0.25) is 0 Å². The minimum absolute atomic E-state index is 0.129. The Morgan fingerprint density at radius 2 is 1.57 bits per heavy atom. The second-order valence-electron chi connectivity index (χ2n) is 4.68. The van der Waals surface area contributed by atoms with Crippen LogP contribution in [-0.4, -0.2) is 20.3 Å². The van der Waals surface area contributed by atoms with Gasteiger partial charge in [-0.15, -0.1) is 10.2 Å². The second-order valence-corrected chi connectivity index (χ2v) is 4.68. The number of aliphatic hydroxyl groups excluding tert-OH is 2. The summed E-state index contributed by atoms with van der Waals surface area (Å²) in [5.74, 6) is 0.0632. The lowest BCUT2D eigenvalue weighted by Gasteiger charge is -2.11. The quantitative estimate of drug-likeness (QED) is 0.753. The SMILES string of the molecule is Cc1ccc(N=Nc2nc(C)c(O)c(CO)c2CO)cc1. The van der Waals surface area contributed by atoms with Crippen molar-refractivity contribution in [2.24, 2.45) is 10.2 Å². The van der Waals surface area contributed by atoms with Crippen LogP contribution in [0.1, 0.15) is 22.4 Å². The highest BCUT2D eigenvalue weighted by Gasteiger charge is 2.16. The fraction of sp³-hybridized carbons (Fsp3) is 0.267. The minimum atomic E-state index is -0.405. The summed E-state index contributed by atoms with van der Waals surface area (Å²) in [6, 6.07) is 7.46. The van der Waals surface area contributed by atoms with Gasteiger partial charge in [0.1, 0.15) is 5.75 Å². The van der Waals surface area contributed by atoms with Crippen molar-refractivity contribution in [3.8, 4) is 5.75 Å². The molecule has 0 radical (unpaired) electrons. The third-order valence-electron chi connectivity index (χ3n) is 3.15. The first kappa shape index (κ1) is 15.1. The summed E-state index contributed by atoms with van der Waals surface area (Å²) in [4.78, 5) is 4.10. The van der Waals surface area contributed by atoms with E-state index >= 15 is 0 Å². The Morgan fingerprint density at radius 1 is 0.952 bits per heavy atom. The molecule has 110 valence electrons. The van der Waals surface area contributed by atoms with E-state index in [4.69, 9.17) is 0 Å². The number of hydrogen-bond acceptors (Lipinski definition) is 6. The van der Waals surface area contributed by atoms with Crippen LogP contribution < -0.4 is 0 Å². The maximum Gasteiger partial charge on any atom is 0.180 e. The zero-order valence-electron chi connectivity index (χ0n) is 11.9. The second kappa shape index (κ2) is 6.43. The van der Waals surface area contributed by atoms with Gasteiger partial charge in [0.25, 0.3) is 0 Å². The molecule has 21 heavy (non-hydrogen) atoms. The first-order valence-corrected chi connectivity index (χ1v) is 6.48. The number of nitrogens with zero attached hydrogens (tertiary/aromatic N) is 3. The molecule has 2 aromatic rings. The molecule has 0 atom stereocenters. The molecule has 0 saturated carbocycles. The van der Waals surface area contributed by atoms with Gasteiger partial charge in [-0.05, 0) is 26.0 Å². The molecule has 2 rings (SSSR count). The van der Waals surface area contributed by atoms with Gasteiger partial charge >= 0.3 is 0 Å². The van der Waals surface area contributed by atoms with E-state index in [1.54, 1.807) is 6.92 Å². The number of aromatic hydroxyl groups is 1. The fourth-order valence-corrected chi connectivity index (χ4v) is 1.91. The average Bonchev–Trinajstić information content (AvgIpc) is 2.49. The first-order valence-electron chi connectivity index (χ1n) is 6.48. The van der Waals surface area contributed by atoms with Crippen LogP contribution in [0, 0.1) is 13.8 Å². The maximum atomic E-state index is 9.84. The number of aryl methyl sites for hydroxylation is 2. The fourth-order valence-electron chi connectivity index (χ4n) is 1.91. The molecule has 6 heteroatoms. The van der Waals surface area contributed by atoms with Gasteiger partial charge in [-0.2, -0.15) is 0 Å². The van der Waals surface area contributed by atoms with E-state index in [1.165, 1.54) is 0 Å². The standard InChI is InChI=1S/C15H17N3O3/c1-9-3-5-11(6-4-9)17-18-15-13(8-20)12(7-19)14(21)10(2)16-15/h3-6,19-21H,7-8H2,1-2H3. The molecule has 0 spiro atoms. The molecule has 0 aliphatic carbocycles. The van der Waals surface area contributed by atoms with Gasteiger partial charge in [0.05, 0.1) is 24.6 Å². The number of benzene rings is 1. The van der Waals surface area contributed by atoms with Crippen molar-refractivity contribution in [1.82, 2.24) is 4.98 Å². The minimum Gasteiger partial charge on any atom is -0.506 e. The zero-order valence-corrected chi connectivity index (χ0v) is 11.9. The van der Waals surface area contributed by atoms with Crippen LogP contribution in [0.5, 0.6) is 5.75 Å². The normalized spacial score (nSPS) is 11.2. The number of aromatic nitrogens is 1. The Kier molecular flexibility index (Phi) is 4.62. The van der Waals surface area contributed by atoms with Crippen LogP contribution >= 0.6 is 0 Å². The van der Waals surface area contributed by atoms with Gasteiger partial charge in [0, 0.05) is 11.1 Å². The largest absolute Gasteiger partial charge is 0.506 e. The van der Waals surface area contributed by atoms with Crippen LogP contribution in [0.3, 0.4) is 0 Å². The molecular weight excluding hydrogens is 270 g/mol. The van der Waals surface area contributed by atoms with Crippen LogP contribution in [0.4, 0.5) is 11.5 Å². The van der Waals surface area contributed by atoms with Gasteiger partial charge in [0.15, 0.2) is 5.82 Å². The summed E-state index contributed by atoms with van der Waals surface area (Å²) in [6.45, 7) is 2.78. The Labute approximate surface area is 122 Å². The summed E-state index contributed by atoms with van der Waals surface area (Å²) >= 11 is 0. The van der Waals surface area contributed by atoms with Gasteiger partial charge < -0.3 is 15.3 Å². The van der Waals surface area contributed by atoms with Crippen LogP contribution in [0.25, 0.3) is 0 Å². The van der Waals surface area contributed by atoms with Crippen molar-refractivity contribution < 1.29 is 15.3 Å². The molecule has 0 unspecified atom stereocenters. The summed E-state index contributed by atoms with van der Waals surface area (Å²) in [5.41, 5.74) is 2.60. The molecule has 0 saturated heterocycles. The van der Waals surface area contributed by atoms with Gasteiger partial charge in [-0.3, -0.25) is 0 Å². The predicted octanol–water partition coefficient (Wildman–Crippen LogP) is 2.80. The average molecular weight is 287 g/mol. The highest BCUT2D eigenvalue weighted by Crippen LogP contribution is 2.31. The van der Waals surface area contributed by atoms with E-state index in [9.17, 15) is 15.3 Å². The van der Waals surface area contributed by atoms with Crippen molar-refractivity contribution in [2.75, 3.05) is 0 Å². The number of hydrogen-bond donors (Lipinski definition) is 3. The van der Waals surface area contributed by atoms with E-state index in [0.29, 0.717) is 11.4 Å². The Bertz CT molecular complexity index is 667. The molecule has 1 aromatic heterocycles. The molecule has 6 nitrogen and oxygen atoms in total. The molecule has 0 aliphatic heterocycles. The third kappa shape index (κ3) is 3.24. The Hall–Kier alpha value is -2.31. The van der Waals surface area contributed by atoms with Crippen molar-refractivity contribution in [3.63, 3.8) is 0 Å². The number of rotatable bonds is 4. The van der Waals surface area contributed by atoms with E-state index in [2.05, 4.69) is 15.2 Å². The van der Waals surface area contributed by atoms with Crippen molar-refractivity contribution >= 4 is 11.5 Å². The summed E-state index contributed by atoms with van der Waals surface area (Å²) in [7, 11) is 0. The number of aliphatic hydroxyl groups is 2. The molecule has 1 aromatic carbocycles. The van der Waals surface area contributed by atoms with Gasteiger partial charge in [0.2, 0.25) is 0 Å². The van der Waals surface area contributed by atoms with Crippen LogP contribution in [-0.2, 0) is 13.2 Å². The highest BCUT2D eigenvalue weighted by atomic mass is 16.3. The van der Waals surface area contributed by atoms with E-state index in [1.807, 2.05) is 31.2 Å². The summed E-state index contributed by atoms with van der Waals surface area (Å²) in [6.07, 6.45) is 0. The maximum absolute atomic E-state index is 9.84. The number of pyridine rings is 1. The molecule has 0 bridgehead atoms. The lowest BCUT2D eigenvalue weighted by molar-refractivity contribution is 0.254. The molecule has 0 fully saturated rings. The van der Waals surface area contributed by atoms with E-state index < -0.39 is 6.61 Å².